The highest BCUT2D eigenvalue weighted by molar-refractivity contribution is 5.48. The number of nitrogens with one attached hydrogen (secondary N) is 1. The standard InChI is InChI=1S/C8H8F3NO/c1-12-7-4-5(13-8(10)11)2-3-6(7)9/h2-4,8,12H,1H3. The van der Waals surface area contributed by atoms with Crippen molar-refractivity contribution < 1.29 is 17.9 Å². The van der Waals surface area contributed by atoms with Gasteiger partial charge in [-0.3, -0.25) is 0 Å². The van der Waals surface area contributed by atoms with Gasteiger partial charge in [-0.1, -0.05) is 0 Å². The van der Waals surface area contributed by atoms with E-state index < -0.39 is 12.4 Å². The van der Waals surface area contributed by atoms with Gasteiger partial charge in [-0.2, -0.15) is 8.78 Å². The van der Waals surface area contributed by atoms with Crippen molar-refractivity contribution in [3.8, 4) is 5.75 Å². The highest BCUT2D eigenvalue weighted by atomic mass is 19.3. The third-order valence-electron chi connectivity index (χ3n) is 1.43. The summed E-state index contributed by atoms with van der Waals surface area (Å²) in [6.45, 7) is -2.89. The number of anilines is 1. The van der Waals surface area contributed by atoms with E-state index in [4.69, 9.17) is 0 Å². The van der Waals surface area contributed by atoms with Crippen LogP contribution in [-0.4, -0.2) is 13.7 Å². The van der Waals surface area contributed by atoms with Gasteiger partial charge in [0.15, 0.2) is 0 Å². The molecule has 2 nitrogen and oxygen atoms in total. The first-order valence-electron chi connectivity index (χ1n) is 3.55. The molecule has 1 aromatic carbocycles. The zero-order valence-corrected chi connectivity index (χ0v) is 6.85. The van der Waals surface area contributed by atoms with Crippen LogP contribution < -0.4 is 10.1 Å². The van der Waals surface area contributed by atoms with E-state index in [1.54, 1.807) is 0 Å². The highest BCUT2D eigenvalue weighted by Gasteiger charge is 2.06. The average Bonchev–Trinajstić information content (AvgIpc) is 2.07. The van der Waals surface area contributed by atoms with Crippen molar-refractivity contribution in [1.29, 1.82) is 0 Å². The van der Waals surface area contributed by atoms with Crippen LogP contribution >= 0.6 is 0 Å². The minimum Gasteiger partial charge on any atom is -0.435 e. The molecule has 5 heteroatoms. The predicted octanol–water partition coefficient (Wildman–Crippen LogP) is 2.47. The average molecular weight is 191 g/mol. The van der Waals surface area contributed by atoms with Crippen LogP contribution in [0, 0.1) is 5.82 Å². The normalized spacial score (nSPS) is 10.2. The molecule has 1 N–H and O–H groups in total. The van der Waals surface area contributed by atoms with Crippen molar-refractivity contribution >= 4 is 5.69 Å². The Morgan fingerprint density at radius 1 is 1.38 bits per heavy atom. The fourth-order valence-corrected chi connectivity index (χ4v) is 0.872. The molecule has 1 aromatic rings. The lowest BCUT2D eigenvalue weighted by atomic mass is 10.3. The second-order valence-electron chi connectivity index (χ2n) is 2.27. The van der Waals surface area contributed by atoms with Gasteiger partial charge in [-0.25, -0.2) is 4.39 Å². The summed E-state index contributed by atoms with van der Waals surface area (Å²) in [5.74, 6) is -0.579. The largest absolute Gasteiger partial charge is 0.435 e. The molecule has 0 spiro atoms. The lowest BCUT2D eigenvalue weighted by Gasteiger charge is -2.07. The quantitative estimate of drug-likeness (QED) is 0.792. The Balaban J connectivity index is 2.86. The molecule has 0 unspecified atom stereocenters. The lowest BCUT2D eigenvalue weighted by molar-refractivity contribution is -0.0498. The van der Waals surface area contributed by atoms with Gasteiger partial charge in [0.1, 0.15) is 11.6 Å². The summed E-state index contributed by atoms with van der Waals surface area (Å²) in [5.41, 5.74) is 0.123. The van der Waals surface area contributed by atoms with Crippen LogP contribution in [0.3, 0.4) is 0 Å². The van der Waals surface area contributed by atoms with Crippen molar-refractivity contribution in [2.75, 3.05) is 12.4 Å². The molecule has 0 bridgehead atoms. The van der Waals surface area contributed by atoms with Crippen LogP contribution in [0.2, 0.25) is 0 Å². The van der Waals surface area contributed by atoms with E-state index in [0.29, 0.717) is 0 Å². The van der Waals surface area contributed by atoms with Gasteiger partial charge in [-0.15, -0.1) is 0 Å². The number of alkyl halides is 2. The number of benzene rings is 1. The first-order valence-corrected chi connectivity index (χ1v) is 3.55. The first kappa shape index (κ1) is 9.70. The zero-order chi connectivity index (χ0) is 9.84. The molecule has 0 radical (unpaired) electrons. The summed E-state index contributed by atoms with van der Waals surface area (Å²) in [5, 5.41) is 2.51. The maximum absolute atomic E-state index is 12.8. The molecule has 0 aliphatic rings. The smallest absolute Gasteiger partial charge is 0.387 e. The van der Waals surface area contributed by atoms with Crippen molar-refractivity contribution in [1.82, 2.24) is 0 Å². The summed E-state index contributed by atoms with van der Waals surface area (Å²) < 4.78 is 40.3. The molecular weight excluding hydrogens is 183 g/mol. The van der Waals surface area contributed by atoms with Crippen molar-refractivity contribution in [3.63, 3.8) is 0 Å². The van der Waals surface area contributed by atoms with Gasteiger partial charge in [0.05, 0.1) is 5.69 Å². The van der Waals surface area contributed by atoms with Gasteiger partial charge in [-0.05, 0) is 12.1 Å². The Bertz CT molecular complexity index is 291. The molecule has 72 valence electrons. The van der Waals surface area contributed by atoms with Gasteiger partial charge < -0.3 is 10.1 Å². The van der Waals surface area contributed by atoms with E-state index in [1.165, 1.54) is 13.1 Å². The number of halogens is 3. The maximum atomic E-state index is 12.8. The molecule has 0 aliphatic carbocycles. The third-order valence-corrected chi connectivity index (χ3v) is 1.43. The van der Waals surface area contributed by atoms with Gasteiger partial charge in [0, 0.05) is 13.1 Å². The van der Waals surface area contributed by atoms with Gasteiger partial charge in [0.25, 0.3) is 0 Å². The lowest BCUT2D eigenvalue weighted by Crippen LogP contribution is -2.02. The fraction of sp³-hybridized carbons (Fsp3) is 0.250. The summed E-state index contributed by atoms with van der Waals surface area (Å²) in [6, 6.07) is 3.37. The molecule has 0 saturated carbocycles. The van der Waals surface area contributed by atoms with Crippen LogP contribution in [-0.2, 0) is 0 Å². The number of ether oxygens (including phenoxy) is 1. The van der Waals surface area contributed by atoms with Gasteiger partial charge in [0.2, 0.25) is 0 Å². The van der Waals surface area contributed by atoms with E-state index in [-0.39, 0.29) is 11.4 Å². The zero-order valence-electron chi connectivity index (χ0n) is 6.85. The molecule has 0 amide bonds. The molecule has 1 rings (SSSR count). The molecule has 0 atom stereocenters. The second-order valence-corrected chi connectivity index (χ2v) is 2.27. The number of hydrogen-bond acceptors (Lipinski definition) is 2. The van der Waals surface area contributed by atoms with Crippen LogP contribution in [0.4, 0.5) is 18.9 Å². The minimum absolute atomic E-state index is 0.0687. The Morgan fingerprint density at radius 2 is 2.08 bits per heavy atom. The minimum atomic E-state index is -2.89. The summed E-state index contributed by atoms with van der Waals surface area (Å²) in [6.07, 6.45) is 0. The molecule has 0 fully saturated rings. The summed E-state index contributed by atoms with van der Waals surface area (Å²) in [4.78, 5) is 0. The van der Waals surface area contributed by atoms with Crippen LogP contribution in [0.1, 0.15) is 0 Å². The SMILES string of the molecule is CNc1cc(OC(F)F)ccc1F. The summed E-state index contributed by atoms with van der Waals surface area (Å²) >= 11 is 0. The molecule has 13 heavy (non-hydrogen) atoms. The third kappa shape index (κ3) is 2.54. The maximum Gasteiger partial charge on any atom is 0.387 e. The van der Waals surface area contributed by atoms with Crippen LogP contribution in [0.25, 0.3) is 0 Å². The van der Waals surface area contributed by atoms with E-state index in [2.05, 4.69) is 10.1 Å². The first-order chi connectivity index (χ1) is 6.13. The molecule has 0 aromatic heterocycles. The Hall–Kier alpha value is -1.39. The van der Waals surface area contributed by atoms with Crippen molar-refractivity contribution in [2.24, 2.45) is 0 Å². The molecule has 0 saturated heterocycles. The second kappa shape index (κ2) is 4.02. The Morgan fingerprint density at radius 3 is 2.62 bits per heavy atom. The van der Waals surface area contributed by atoms with E-state index >= 15 is 0 Å². The monoisotopic (exact) mass is 191 g/mol. The van der Waals surface area contributed by atoms with Crippen molar-refractivity contribution in [2.45, 2.75) is 6.61 Å². The van der Waals surface area contributed by atoms with E-state index in [0.717, 1.165) is 12.1 Å². The number of rotatable bonds is 3. The predicted molar refractivity (Wildman–Crippen MR) is 42.6 cm³/mol. The molecular formula is C8H8F3NO. The fourth-order valence-electron chi connectivity index (χ4n) is 0.872. The molecule has 0 heterocycles. The number of hydrogen-bond donors (Lipinski definition) is 1. The van der Waals surface area contributed by atoms with E-state index in [1.807, 2.05) is 0 Å². The Kier molecular flexibility index (Phi) is 3.00. The highest BCUT2D eigenvalue weighted by Crippen LogP contribution is 2.21. The van der Waals surface area contributed by atoms with Crippen LogP contribution in [0.5, 0.6) is 5.75 Å². The summed E-state index contributed by atoms with van der Waals surface area (Å²) in [7, 11) is 1.49. The van der Waals surface area contributed by atoms with Gasteiger partial charge >= 0.3 is 6.61 Å². The Labute approximate surface area is 73.3 Å². The van der Waals surface area contributed by atoms with Crippen LogP contribution in [0.15, 0.2) is 18.2 Å². The van der Waals surface area contributed by atoms with Crippen molar-refractivity contribution in [3.05, 3.63) is 24.0 Å². The topological polar surface area (TPSA) is 21.3 Å². The van der Waals surface area contributed by atoms with E-state index in [9.17, 15) is 13.2 Å². The molecule has 0 aliphatic heterocycles.